The van der Waals surface area contributed by atoms with Crippen molar-refractivity contribution >= 4 is 17.6 Å². The van der Waals surface area contributed by atoms with Crippen LogP contribution in [0.15, 0.2) is 23.9 Å². The molecule has 0 heterocycles. The van der Waals surface area contributed by atoms with Crippen LogP contribution in [0.1, 0.15) is 13.8 Å². The van der Waals surface area contributed by atoms with Crippen LogP contribution in [-0.4, -0.2) is 30.3 Å². The van der Waals surface area contributed by atoms with Crippen molar-refractivity contribution in [2.75, 3.05) is 18.5 Å². The Morgan fingerprint density at radius 2 is 1.73 bits per heavy atom. The molecule has 0 aliphatic rings. The summed E-state index contributed by atoms with van der Waals surface area (Å²) >= 11 is 0. The molecule has 0 amide bonds. The third-order valence-corrected chi connectivity index (χ3v) is 2.43. The molecule has 1 aromatic carbocycles. The second kappa shape index (κ2) is 7.96. The zero-order chi connectivity index (χ0) is 16.7. The van der Waals surface area contributed by atoms with E-state index in [9.17, 15) is 23.5 Å². The van der Waals surface area contributed by atoms with E-state index in [4.69, 9.17) is 0 Å². The maximum atomic E-state index is 13.2. The molecule has 0 spiro atoms. The monoisotopic (exact) mass is 315 g/mol. The average molecular weight is 315 g/mol. The van der Waals surface area contributed by atoms with E-state index in [1.165, 1.54) is 0 Å². The molecule has 8 heteroatoms. The largest absolute Gasteiger partial charge is 0.503 e. The lowest BCUT2D eigenvalue weighted by molar-refractivity contribution is -0.146. The molecule has 22 heavy (non-hydrogen) atoms. The topological polar surface area (TPSA) is 84.9 Å². The van der Waals surface area contributed by atoms with Crippen LogP contribution >= 0.6 is 0 Å². The number of carbonyl (C=O) groups excluding carboxylic acids is 2. The molecule has 0 radical (unpaired) electrons. The summed E-state index contributed by atoms with van der Waals surface area (Å²) in [4.78, 5) is 23.3. The van der Waals surface area contributed by atoms with Gasteiger partial charge >= 0.3 is 11.9 Å². The summed E-state index contributed by atoms with van der Waals surface area (Å²) < 4.78 is 35.5. The summed E-state index contributed by atoms with van der Waals surface area (Å²) in [7, 11) is 0. The Kier molecular flexibility index (Phi) is 6.30. The van der Waals surface area contributed by atoms with E-state index in [-0.39, 0.29) is 18.9 Å². The molecular formula is C14H15F2NO5. The standard InChI is InChI=1S/C14H15F2NO5/c1-3-21-13(19)8(14(20)22-4-2)7-17-10-6-5-9(15)11(16)12(10)18/h5-7,17-18H,3-4H2,1-2H3. The molecule has 0 saturated heterocycles. The predicted molar refractivity (Wildman–Crippen MR) is 73.0 cm³/mol. The first kappa shape index (κ1) is 17.4. The summed E-state index contributed by atoms with van der Waals surface area (Å²) in [5.41, 5.74) is -0.710. The van der Waals surface area contributed by atoms with Crippen molar-refractivity contribution in [1.29, 1.82) is 0 Å². The Hall–Kier alpha value is -2.64. The average Bonchev–Trinajstić information content (AvgIpc) is 2.48. The van der Waals surface area contributed by atoms with E-state index in [0.717, 1.165) is 18.3 Å². The van der Waals surface area contributed by atoms with Gasteiger partial charge < -0.3 is 19.9 Å². The zero-order valence-electron chi connectivity index (χ0n) is 12.0. The van der Waals surface area contributed by atoms with Crippen molar-refractivity contribution in [2.24, 2.45) is 0 Å². The minimum Gasteiger partial charge on any atom is -0.503 e. The van der Waals surface area contributed by atoms with Gasteiger partial charge in [-0.05, 0) is 26.0 Å². The van der Waals surface area contributed by atoms with Gasteiger partial charge in [-0.2, -0.15) is 4.39 Å². The summed E-state index contributed by atoms with van der Waals surface area (Å²) in [6.07, 6.45) is 0.891. The minimum absolute atomic E-state index is 0.0337. The highest BCUT2D eigenvalue weighted by molar-refractivity contribution is 6.14. The number of halogens is 2. The Balaban J connectivity index is 3.05. The lowest BCUT2D eigenvalue weighted by Gasteiger charge is -2.09. The van der Waals surface area contributed by atoms with Crippen molar-refractivity contribution in [3.63, 3.8) is 0 Å². The number of ether oxygens (including phenoxy) is 2. The van der Waals surface area contributed by atoms with Crippen molar-refractivity contribution in [1.82, 2.24) is 0 Å². The Labute approximate surface area is 125 Å². The van der Waals surface area contributed by atoms with Gasteiger partial charge in [0.25, 0.3) is 0 Å². The maximum Gasteiger partial charge on any atom is 0.347 e. The quantitative estimate of drug-likeness (QED) is 0.275. The summed E-state index contributed by atoms with van der Waals surface area (Å²) in [6, 6.07) is 1.82. The van der Waals surface area contributed by atoms with Crippen LogP contribution in [0.4, 0.5) is 14.5 Å². The number of aromatic hydroxyl groups is 1. The van der Waals surface area contributed by atoms with Gasteiger partial charge in [0.05, 0.1) is 18.9 Å². The molecular weight excluding hydrogens is 300 g/mol. The predicted octanol–water partition coefficient (Wildman–Crippen LogP) is 2.09. The van der Waals surface area contributed by atoms with Gasteiger partial charge in [0.15, 0.2) is 17.1 Å². The molecule has 0 saturated carbocycles. The second-order valence-corrected chi connectivity index (χ2v) is 3.90. The lowest BCUT2D eigenvalue weighted by atomic mass is 10.2. The number of esters is 2. The number of hydrogen-bond acceptors (Lipinski definition) is 6. The molecule has 1 rings (SSSR count). The van der Waals surface area contributed by atoms with Crippen molar-refractivity contribution in [3.05, 3.63) is 35.5 Å². The fraction of sp³-hybridized carbons (Fsp3) is 0.286. The van der Waals surface area contributed by atoms with Crippen LogP contribution in [0.25, 0.3) is 0 Å². The Bertz CT molecular complexity index is 581. The lowest BCUT2D eigenvalue weighted by Crippen LogP contribution is -2.19. The molecule has 0 aliphatic heterocycles. The highest BCUT2D eigenvalue weighted by atomic mass is 19.2. The normalized spacial score (nSPS) is 9.82. The second-order valence-electron chi connectivity index (χ2n) is 3.90. The minimum atomic E-state index is -1.45. The number of rotatable bonds is 6. The molecule has 0 bridgehead atoms. The Morgan fingerprint density at radius 3 is 2.23 bits per heavy atom. The van der Waals surface area contributed by atoms with E-state index in [2.05, 4.69) is 14.8 Å². The molecule has 120 valence electrons. The van der Waals surface area contributed by atoms with E-state index in [1.54, 1.807) is 13.8 Å². The first-order chi connectivity index (χ1) is 10.4. The van der Waals surface area contributed by atoms with Gasteiger partial charge in [-0.15, -0.1) is 0 Å². The molecule has 6 nitrogen and oxygen atoms in total. The van der Waals surface area contributed by atoms with Crippen molar-refractivity contribution in [3.8, 4) is 5.75 Å². The van der Waals surface area contributed by atoms with Crippen LogP contribution in [0, 0.1) is 11.6 Å². The molecule has 0 unspecified atom stereocenters. The van der Waals surface area contributed by atoms with Gasteiger partial charge in [-0.3, -0.25) is 0 Å². The third kappa shape index (κ3) is 4.18. The molecule has 0 aliphatic carbocycles. The van der Waals surface area contributed by atoms with Crippen LogP contribution in [0.3, 0.4) is 0 Å². The summed E-state index contributed by atoms with van der Waals surface area (Å²) in [5.74, 6) is -5.57. The molecule has 1 aromatic rings. The fourth-order valence-corrected chi connectivity index (χ4v) is 1.43. The Morgan fingerprint density at radius 1 is 1.18 bits per heavy atom. The molecule has 2 N–H and O–H groups in total. The van der Waals surface area contributed by atoms with Crippen LogP contribution in [0.2, 0.25) is 0 Å². The zero-order valence-corrected chi connectivity index (χ0v) is 12.0. The maximum absolute atomic E-state index is 13.2. The van der Waals surface area contributed by atoms with Gasteiger partial charge in [0.1, 0.15) is 0 Å². The number of phenols is 1. The summed E-state index contributed by atoms with van der Waals surface area (Å²) in [6.45, 7) is 3.17. The highest BCUT2D eigenvalue weighted by Gasteiger charge is 2.21. The van der Waals surface area contributed by atoms with Gasteiger partial charge in [-0.25, -0.2) is 14.0 Å². The van der Waals surface area contributed by atoms with Gasteiger partial charge in [0, 0.05) is 6.20 Å². The van der Waals surface area contributed by atoms with Crippen molar-refractivity contribution < 1.29 is 33.0 Å². The van der Waals surface area contributed by atoms with E-state index in [0.29, 0.717) is 0 Å². The van der Waals surface area contributed by atoms with Crippen molar-refractivity contribution in [2.45, 2.75) is 13.8 Å². The smallest absolute Gasteiger partial charge is 0.347 e. The molecule has 0 aromatic heterocycles. The summed E-state index contributed by atoms with van der Waals surface area (Å²) in [5, 5.41) is 11.8. The van der Waals surface area contributed by atoms with Gasteiger partial charge in [-0.1, -0.05) is 0 Å². The highest BCUT2D eigenvalue weighted by Crippen LogP contribution is 2.28. The SMILES string of the molecule is CCOC(=O)C(=CNc1ccc(F)c(F)c1O)C(=O)OCC. The van der Waals surface area contributed by atoms with Crippen LogP contribution in [-0.2, 0) is 19.1 Å². The number of hydrogen-bond donors (Lipinski definition) is 2. The van der Waals surface area contributed by atoms with Gasteiger partial charge in [0.2, 0.25) is 5.82 Å². The number of phenolic OH excluding ortho intramolecular Hbond substituents is 1. The van der Waals surface area contributed by atoms with E-state index < -0.39 is 34.9 Å². The number of anilines is 1. The molecule has 0 fully saturated rings. The van der Waals surface area contributed by atoms with Crippen LogP contribution in [0.5, 0.6) is 5.75 Å². The van der Waals surface area contributed by atoms with Crippen LogP contribution < -0.4 is 5.32 Å². The first-order valence-corrected chi connectivity index (χ1v) is 6.40. The number of benzene rings is 1. The van der Waals surface area contributed by atoms with E-state index >= 15 is 0 Å². The molecule has 0 atom stereocenters. The number of carbonyl (C=O) groups is 2. The fourth-order valence-electron chi connectivity index (χ4n) is 1.43. The third-order valence-electron chi connectivity index (χ3n) is 2.43. The first-order valence-electron chi connectivity index (χ1n) is 6.40. The van der Waals surface area contributed by atoms with E-state index in [1.807, 2.05) is 0 Å². The number of nitrogens with one attached hydrogen (secondary N) is 1.